The monoisotopic (exact) mass is 235 g/mol. The molecule has 0 bridgehead atoms. The number of ether oxygens (including phenoxy) is 1. The minimum Gasteiger partial charge on any atom is -0.380 e. The summed E-state index contributed by atoms with van der Waals surface area (Å²) in [4.78, 5) is 18.0. The molecule has 1 saturated heterocycles. The number of anilines is 1. The smallest absolute Gasteiger partial charge is 0.241 e. The minimum absolute atomic E-state index is 0.0000463. The average molecular weight is 235 g/mol. The first-order valence-electron chi connectivity index (χ1n) is 5.64. The first-order chi connectivity index (χ1) is 8.20. The van der Waals surface area contributed by atoms with E-state index < -0.39 is 0 Å². The predicted molar refractivity (Wildman–Crippen MR) is 64.7 cm³/mol. The molecule has 0 spiro atoms. The fraction of sp³-hybridized carbons (Fsp3) is 0.500. The predicted octanol–water partition coefficient (Wildman–Crippen LogP) is 0.739. The lowest BCUT2D eigenvalue weighted by Gasteiger charge is -2.17. The number of rotatable bonds is 3. The van der Waals surface area contributed by atoms with Gasteiger partial charge in [-0.1, -0.05) is 0 Å². The molecular formula is C12H17N3O2. The molecule has 1 aromatic rings. The van der Waals surface area contributed by atoms with Crippen LogP contribution in [-0.2, 0) is 9.53 Å². The first kappa shape index (κ1) is 12.0. The van der Waals surface area contributed by atoms with Crippen LogP contribution in [-0.4, -0.2) is 48.6 Å². The van der Waals surface area contributed by atoms with E-state index in [1.54, 1.807) is 25.6 Å². The lowest BCUT2D eigenvalue weighted by atomic mass is 10.2. The lowest BCUT2D eigenvalue weighted by molar-refractivity contribution is -0.120. The van der Waals surface area contributed by atoms with Crippen molar-refractivity contribution in [3.8, 4) is 0 Å². The number of amides is 1. The van der Waals surface area contributed by atoms with E-state index >= 15 is 0 Å². The highest BCUT2D eigenvalue weighted by molar-refractivity contribution is 5.94. The Morgan fingerprint density at radius 1 is 1.65 bits per heavy atom. The Bertz CT molecular complexity index is 383. The fourth-order valence-electron chi connectivity index (χ4n) is 2.09. The summed E-state index contributed by atoms with van der Waals surface area (Å²) in [6, 6.07) is 3.50. The Labute approximate surface area is 101 Å². The SMILES string of the molecule is CO[C@H]1C[C@@H](C(=O)Nc2cccnc2)N(C)C1. The maximum absolute atomic E-state index is 12.1. The Morgan fingerprint density at radius 3 is 3.06 bits per heavy atom. The minimum atomic E-state index is -0.125. The number of pyridine rings is 1. The molecule has 1 fully saturated rings. The molecule has 0 aliphatic carbocycles. The van der Waals surface area contributed by atoms with Crippen LogP contribution < -0.4 is 5.32 Å². The highest BCUT2D eigenvalue weighted by atomic mass is 16.5. The van der Waals surface area contributed by atoms with Gasteiger partial charge in [-0.2, -0.15) is 0 Å². The van der Waals surface area contributed by atoms with Gasteiger partial charge in [0.15, 0.2) is 0 Å². The largest absolute Gasteiger partial charge is 0.380 e. The zero-order chi connectivity index (χ0) is 12.3. The van der Waals surface area contributed by atoms with Gasteiger partial charge in [0.25, 0.3) is 0 Å². The van der Waals surface area contributed by atoms with Gasteiger partial charge in [-0.3, -0.25) is 14.7 Å². The third kappa shape index (κ3) is 2.81. The van der Waals surface area contributed by atoms with Gasteiger partial charge in [-0.15, -0.1) is 0 Å². The van der Waals surface area contributed by atoms with Crippen LogP contribution in [0.2, 0.25) is 0 Å². The molecule has 1 aromatic heterocycles. The molecule has 0 saturated carbocycles. The Balaban J connectivity index is 1.97. The van der Waals surface area contributed by atoms with E-state index in [0.29, 0.717) is 0 Å². The van der Waals surface area contributed by atoms with E-state index in [-0.39, 0.29) is 18.1 Å². The fourth-order valence-corrected chi connectivity index (χ4v) is 2.09. The summed E-state index contributed by atoms with van der Waals surface area (Å²) in [6.45, 7) is 0.793. The second-order valence-corrected chi connectivity index (χ2v) is 4.28. The molecule has 2 atom stereocenters. The van der Waals surface area contributed by atoms with Crippen LogP contribution in [0.25, 0.3) is 0 Å². The molecule has 0 unspecified atom stereocenters. The summed E-state index contributed by atoms with van der Waals surface area (Å²) < 4.78 is 5.28. The molecular weight excluding hydrogens is 218 g/mol. The third-order valence-electron chi connectivity index (χ3n) is 3.07. The van der Waals surface area contributed by atoms with Crippen molar-refractivity contribution in [3.63, 3.8) is 0 Å². The van der Waals surface area contributed by atoms with Gasteiger partial charge in [-0.05, 0) is 25.6 Å². The number of nitrogens with zero attached hydrogens (tertiary/aromatic N) is 2. The van der Waals surface area contributed by atoms with Gasteiger partial charge in [0, 0.05) is 19.9 Å². The van der Waals surface area contributed by atoms with Crippen LogP contribution in [0.5, 0.6) is 0 Å². The number of likely N-dealkylation sites (N-methyl/N-ethyl adjacent to an activating group) is 1. The Kier molecular flexibility index (Phi) is 3.71. The van der Waals surface area contributed by atoms with Gasteiger partial charge < -0.3 is 10.1 Å². The van der Waals surface area contributed by atoms with Gasteiger partial charge in [0.2, 0.25) is 5.91 Å². The second kappa shape index (κ2) is 5.25. The first-order valence-corrected chi connectivity index (χ1v) is 5.64. The van der Waals surface area contributed by atoms with E-state index in [9.17, 15) is 4.79 Å². The number of carbonyl (C=O) groups excluding carboxylic acids is 1. The van der Waals surface area contributed by atoms with Crippen LogP contribution in [0.1, 0.15) is 6.42 Å². The maximum atomic E-state index is 12.1. The van der Waals surface area contributed by atoms with E-state index in [0.717, 1.165) is 18.7 Å². The van der Waals surface area contributed by atoms with Gasteiger partial charge in [-0.25, -0.2) is 0 Å². The van der Waals surface area contributed by atoms with Crippen molar-refractivity contribution in [1.29, 1.82) is 0 Å². The summed E-state index contributed by atoms with van der Waals surface area (Å²) in [5.74, 6) is 0.0000463. The molecule has 0 aromatic carbocycles. The Hall–Kier alpha value is -1.46. The molecule has 2 rings (SSSR count). The van der Waals surface area contributed by atoms with Crippen molar-refractivity contribution in [3.05, 3.63) is 24.5 Å². The third-order valence-corrected chi connectivity index (χ3v) is 3.07. The summed E-state index contributed by atoms with van der Waals surface area (Å²) in [5.41, 5.74) is 0.728. The Morgan fingerprint density at radius 2 is 2.47 bits per heavy atom. The summed E-state index contributed by atoms with van der Waals surface area (Å²) in [5, 5.41) is 2.86. The second-order valence-electron chi connectivity index (χ2n) is 4.28. The molecule has 0 radical (unpaired) electrons. The zero-order valence-corrected chi connectivity index (χ0v) is 10.1. The zero-order valence-electron chi connectivity index (χ0n) is 10.1. The molecule has 17 heavy (non-hydrogen) atoms. The molecule has 2 heterocycles. The highest BCUT2D eigenvalue weighted by Gasteiger charge is 2.34. The lowest BCUT2D eigenvalue weighted by Crippen LogP contribution is -2.37. The molecule has 1 aliphatic rings. The molecule has 1 aliphatic heterocycles. The average Bonchev–Trinajstić information content (AvgIpc) is 2.72. The van der Waals surface area contributed by atoms with Crippen molar-refractivity contribution < 1.29 is 9.53 Å². The number of carbonyl (C=O) groups is 1. The quantitative estimate of drug-likeness (QED) is 0.839. The van der Waals surface area contributed by atoms with E-state index in [1.165, 1.54) is 0 Å². The summed E-state index contributed by atoms with van der Waals surface area (Å²) >= 11 is 0. The van der Waals surface area contributed by atoms with Gasteiger partial charge in [0.1, 0.15) is 0 Å². The number of nitrogens with one attached hydrogen (secondary N) is 1. The number of methoxy groups -OCH3 is 1. The van der Waals surface area contributed by atoms with Crippen LogP contribution in [0.4, 0.5) is 5.69 Å². The summed E-state index contributed by atoms with van der Waals surface area (Å²) in [7, 11) is 3.62. The number of aromatic nitrogens is 1. The van der Waals surface area contributed by atoms with Crippen molar-refractivity contribution in [1.82, 2.24) is 9.88 Å². The van der Waals surface area contributed by atoms with Crippen LogP contribution in [0.3, 0.4) is 0 Å². The summed E-state index contributed by atoms with van der Waals surface area (Å²) in [6.07, 6.45) is 4.20. The van der Waals surface area contributed by atoms with Gasteiger partial charge >= 0.3 is 0 Å². The van der Waals surface area contributed by atoms with Crippen molar-refractivity contribution in [2.24, 2.45) is 0 Å². The molecule has 1 N–H and O–H groups in total. The van der Waals surface area contributed by atoms with E-state index in [1.807, 2.05) is 18.0 Å². The number of hydrogen-bond donors (Lipinski definition) is 1. The molecule has 92 valence electrons. The standard InChI is InChI=1S/C12H17N3O2/c1-15-8-10(17-2)6-11(15)12(16)14-9-4-3-5-13-7-9/h3-5,7,10-11H,6,8H2,1-2H3,(H,14,16)/t10-,11-/m0/s1. The van der Waals surface area contributed by atoms with Crippen LogP contribution in [0, 0.1) is 0 Å². The molecule has 5 nitrogen and oxygen atoms in total. The topological polar surface area (TPSA) is 54.5 Å². The van der Waals surface area contributed by atoms with E-state index in [2.05, 4.69) is 10.3 Å². The van der Waals surface area contributed by atoms with Crippen molar-refractivity contribution >= 4 is 11.6 Å². The van der Waals surface area contributed by atoms with Crippen LogP contribution >= 0.6 is 0 Å². The van der Waals surface area contributed by atoms with Gasteiger partial charge in [0.05, 0.1) is 24.0 Å². The maximum Gasteiger partial charge on any atom is 0.241 e. The molecule has 5 heteroatoms. The molecule has 1 amide bonds. The highest BCUT2D eigenvalue weighted by Crippen LogP contribution is 2.19. The van der Waals surface area contributed by atoms with Crippen molar-refractivity contribution in [2.45, 2.75) is 18.6 Å². The normalized spacial score (nSPS) is 24.8. The number of hydrogen-bond acceptors (Lipinski definition) is 4. The number of likely N-dealkylation sites (tertiary alicyclic amines) is 1. The van der Waals surface area contributed by atoms with E-state index in [4.69, 9.17) is 4.74 Å². The van der Waals surface area contributed by atoms with Crippen LogP contribution in [0.15, 0.2) is 24.5 Å². The van der Waals surface area contributed by atoms with Crippen molar-refractivity contribution in [2.75, 3.05) is 26.0 Å².